The van der Waals surface area contributed by atoms with E-state index in [1.165, 1.54) is 0 Å². The number of carbonyl (C=O) groups is 2. The minimum absolute atomic E-state index is 0.150. The Balaban J connectivity index is 1.34. The molecule has 0 bridgehead atoms. The van der Waals surface area contributed by atoms with Crippen molar-refractivity contribution < 1.29 is 23.8 Å². The van der Waals surface area contributed by atoms with Crippen LogP contribution in [0.15, 0.2) is 54.7 Å². The maximum absolute atomic E-state index is 12.9. The number of aromatic nitrogens is 2. The third-order valence-electron chi connectivity index (χ3n) is 6.67. The van der Waals surface area contributed by atoms with Crippen molar-refractivity contribution in [3.8, 4) is 22.8 Å². The number of hydrogen-bond donors (Lipinski definition) is 2. The average Bonchev–Trinajstić information content (AvgIpc) is 3.40. The highest BCUT2D eigenvalue weighted by Gasteiger charge is 2.33. The van der Waals surface area contributed by atoms with E-state index in [-0.39, 0.29) is 24.5 Å². The first-order valence-electron chi connectivity index (χ1n) is 13.8. The van der Waals surface area contributed by atoms with Crippen LogP contribution in [0, 0.1) is 0 Å². The quantitative estimate of drug-likeness (QED) is 0.331. The van der Waals surface area contributed by atoms with Crippen molar-refractivity contribution in [1.29, 1.82) is 0 Å². The first-order chi connectivity index (χ1) is 19.6. The van der Waals surface area contributed by atoms with Crippen molar-refractivity contribution in [3.63, 3.8) is 0 Å². The van der Waals surface area contributed by atoms with Gasteiger partial charge in [0.2, 0.25) is 11.9 Å². The van der Waals surface area contributed by atoms with Crippen LogP contribution in [0.3, 0.4) is 0 Å². The van der Waals surface area contributed by atoms with Gasteiger partial charge < -0.3 is 29.7 Å². The molecule has 2 amide bonds. The number of likely N-dealkylation sites (tertiary alicyclic amines) is 1. The van der Waals surface area contributed by atoms with Crippen LogP contribution in [0.1, 0.15) is 45.6 Å². The fourth-order valence-corrected chi connectivity index (χ4v) is 4.75. The van der Waals surface area contributed by atoms with Crippen LogP contribution in [0.25, 0.3) is 11.3 Å². The summed E-state index contributed by atoms with van der Waals surface area (Å²) in [6.45, 7) is 6.75. The lowest BCUT2D eigenvalue weighted by Gasteiger charge is -2.28. The Morgan fingerprint density at radius 1 is 1.05 bits per heavy atom. The maximum Gasteiger partial charge on any atom is 0.410 e. The third-order valence-corrected chi connectivity index (χ3v) is 6.67. The molecule has 0 saturated carbocycles. The van der Waals surface area contributed by atoms with E-state index in [4.69, 9.17) is 14.2 Å². The molecule has 1 fully saturated rings. The summed E-state index contributed by atoms with van der Waals surface area (Å²) >= 11 is 0. The van der Waals surface area contributed by atoms with Gasteiger partial charge in [0.15, 0.2) is 11.5 Å². The smallest absolute Gasteiger partial charge is 0.410 e. The molecular formula is C31H39N5O5. The number of hydrogen-bond acceptors (Lipinski definition) is 8. The number of amides is 2. The minimum atomic E-state index is -0.575. The van der Waals surface area contributed by atoms with E-state index >= 15 is 0 Å². The molecule has 10 heteroatoms. The molecule has 3 aromatic rings. The fraction of sp³-hybridized carbons (Fsp3) is 0.419. The molecule has 1 aromatic heterocycles. The van der Waals surface area contributed by atoms with E-state index in [1.807, 2.05) is 69.3 Å². The first kappa shape index (κ1) is 29.6. The van der Waals surface area contributed by atoms with E-state index in [0.29, 0.717) is 36.2 Å². The average molecular weight is 562 g/mol. The van der Waals surface area contributed by atoms with Gasteiger partial charge in [0.25, 0.3) is 0 Å². The lowest BCUT2D eigenvalue weighted by molar-refractivity contribution is -0.117. The van der Waals surface area contributed by atoms with Gasteiger partial charge >= 0.3 is 6.09 Å². The predicted octanol–water partition coefficient (Wildman–Crippen LogP) is 5.54. The van der Waals surface area contributed by atoms with E-state index in [1.54, 1.807) is 25.3 Å². The van der Waals surface area contributed by atoms with Crippen LogP contribution in [0.5, 0.6) is 11.5 Å². The van der Waals surface area contributed by atoms with Crippen molar-refractivity contribution in [2.75, 3.05) is 37.9 Å². The third kappa shape index (κ3) is 8.33. The molecule has 0 spiro atoms. The Hall–Kier alpha value is -4.34. The lowest BCUT2D eigenvalue weighted by Crippen LogP contribution is -2.41. The summed E-state index contributed by atoms with van der Waals surface area (Å²) in [5, 5.41) is 6.25. The Bertz CT molecular complexity index is 1360. The Labute approximate surface area is 241 Å². The number of ether oxygens (including phenoxy) is 3. The van der Waals surface area contributed by atoms with Gasteiger partial charge in [-0.05, 0) is 75.9 Å². The van der Waals surface area contributed by atoms with Gasteiger partial charge in [-0.2, -0.15) is 0 Å². The Morgan fingerprint density at radius 2 is 1.85 bits per heavy atom. The molecule has 1 saturated heterocycles. The first-order valence-corrected chi connectivity index (χ1v) is 13.8. The summed E-state index contributed by atoms with van der Waals surface area (Å²) in [5.41, 5.74) is 2.77. The molecular weight excluding hydrogens is 522 g/mol. The van der Waals surface area contributed by atoms with E-state index in [9.17, 15) is 9.59 Å². The van der Waals surface area contributed by atoms with E-state index in [2.05, 4.69) is 20.6 Å². The summed E-state index contributed by atoms with van der Waals surface area (Å²) in [4.78, 5) is 36.1. The highest BCUT2D eigenvalue weighted by atomic mass is 16.6. The normalized spacial score (nSPS) is 14.9. The zero-order valence-electron chi connectivity index (χ0n) is 24.4. The second-order valence-corrected chi connectivity index (χ2v) is 10.9. The van der Waals surface area contributed by atoms with Gasteiger partial charge in [0.1, 0.15) is 5.60 Å². The summed E-state index contributed by atoms with van der Waals surface area (Å²) in [6, 6.07) is 15.0. The summed E-state index contributed by atoms with van der Waals surface area (Å²) in [7, 11) is 3.24. The summed E-state index contributed by atoms with van der Waals surface area (Å²) in [5.74, 6) is 1.75. The van der Waals surface area contributed by atoms with Crippen molar-refractivity contribution in [3.05, 3.63) is 60.3 Å². The van der Waals surface area contributed by atoms with Gasteiger partial charge in [-0.1, -0.05) is 18.2 Å². The molecule has 1 aliphatic heterocycles. The molecule has 41 heavy (non-hydrogen) atoms. The van der Waals surface area contributed by atoms with Gasteiger partial charge in [0, 0.05) is 43.0 Å². The monoisotopic (exact) mass is 561 g/mol. The molecule has 1 atom stereocenters. The SMILES string of the molecule is COc1ccc(CCNc2nccc(-c3cccc(NC(=O)CC4CCCN4C(=O)OC(C)(C)C)c3)n2)cc1OC. The highest BCUT2D eigenvalue weighted by Crippen LogP contribution is 2.28. The molecule has 218 valence electrons. The molecule has 2 aromatic carbocycles. The van der Waals surface area contributed by atoms with Crippen LogP contribution < -0.4 is 20.1 Å². The van der Waals surface area contributed by atoms with Gasteiger partial charge in [0.05, 0.1) is 19.9 Å². The number of rotatable bonds is 10. The van der Waals surface area contributed by atoms with E-state index in [0.717, 1.165) is 36.1 Å². The van der Waals surface area contributed by atoms with Crippen LogP contribution in [-0.2, 0) is 16.0 Å². The molecule has 2 N–H and O–H groups in total. The fourth-order valence-electron chi connectivity index (χ4n) is 4.75. The summed E-state index contributed by atoms with van der Waals surface area (Å²) in [6.07, 6.45) is 3.93. The van der Waals surface area contributed by atoms with Crippen LogP contribution in [0.4, 0.5) is 16.4 Å². The number of methoxy groups -OCH3 is 2. The maximum atomic E-state index is 12.9. The molecule has 2 heterocycles. The molecule has 0 radical (unpaired) electrons. The highest BCUT2D eigenvalue weighted by molar-refractivity contribution is 5.92. The van der Waals surface area contributed by atoms with Crippen molar-refractivity contribution in [1.82, 2.24) is 14.9 Å². The number of nitrogens with one attached hydrogen (secondary N) is 2. The second kappa shape index (κ2) is 13.3. The Kier molecular flexibility index (Phi) is 9.65. The number of benzene rings is 2. The minimum Gasteiger partial charge on any atom is -0.493 e. The van der Waals surface area contributed by atoms with Crippen molar-refractivity contribution in [2.45, 2.75) is 58.1 Å². The van der Waals surface area contributed by atoms with Gasteiger partial charge in [-0.15, -0.1) is 0 Å². The number of anilines is 2. The summed E-state index contributed by atoms with van der Waals surface area (Å²) < 4.78 is 16.2. The van der Waals surface area contributed by atoms with Crippen LogP contribution in [-0.4, -0.2) is 65.8 Å². The molecule has 0 aliphatic carbocycles. The molecule has 1 unspecified atom stereocenters. The number of carbonyl (C=O) groups excluding carboxylic acids is 2. The topological polar surface area (TPSA) is 115 Å². The van der Waals surface area contributed by atoms with Crippen molar-refractivity contribution in [2.24, 2.45) is 0 Å². The van der Waals surface area contributed by atoms with Gasteiger partial charge in [-0.25, -0.2) is 14.8 Å². The zero-order valence-corrected chi connectivity index (χ0v) is 24.4. The molecule has 4 rings (SSSR count). The van der Waals surface area contributed by atoms with Crippen LogP contribution in [0.2, 0.25) is 0 Å². The standard InChI is InChI=1S/C31H39N5O5/c1-31(2,3)41-30(38)36-17-7-10-24(36)20-28(37)34-23-9-6-8-22(19-23)25-14-16-33-29(35-25)32-15-13-21-11-12-26(39-4)27(18-21)40-5/h6,8-9,11-12,14,16,18-19,24H,7,10,13,15,17,20H2,1-5H3,(H,34,37)(H,32,33,35). The largest absolute Gasteiger partial charge is 0.493 e. The van der Waals surface area contributed by atoms with Gasteiger partial charge in [-0.3, -0.25) is 4.79 Å². The van der Waals surface area contributed by atoms with Crippen molar-refractivity contribution >= 4 is 23.6 Å². The predicted molar refractivity (Wildman–Crippen MR) is 158 cm³/mol. The van der Waals surface area contributed by atoms with Crippen LogP contribution >= 0.6 is 0 Å². The molecule has 1 aliphatic rings. The molecule has 10 nitrogen and oxygen atoms in total. The lowest BCUT2D eigenvalue weighted by atomic mass is 10.1. The van der Waals surface area contributed by atoms with E-state index < -0.39 is 5.60 Å². The Morgan fingerprint density at radius 3 is 2.61 bits per heavy atom. The zero-order chi connectivity index (χ0) is 29.4. The second-order valence-electron chi connectivity index (χ2n) is 10.9. The number of nitrogens with zero attached hydrogens (tertiary/aromatic N) is 3.